The quantitative estimate of drug-likeness (QED) is 0.926. The molecule has 0 bridgehead atoms. The largest absolute Gasteiger partial charge is 0.316 e. The van der Waals surface area contributed by atoms with Crippen molar-refractivity contribution < 1.29 is 4.21 Å². The summed E-state index contributed by atoms with van der Waals surface area (Å²) in [6, 6.07) is 7.79. The van der Waals surface area contributed by atoms with Crippen LogP contribution in [0.3, 0.4) is 0 Å². The van der Waals surface area contributed by atoms with Crippen molar-refractivity contribution in [3.8, 4) is 0 Å². The van der Waals surface area contributed by atoms with Crippen LogP contribution in [0.4, 0.5) is 0 Å². The predicted octanol–water partition coefficient (Wildman–Crippen LogP) is 3.47. The molecule has 19 heavy (non-hydrogen) atoms. The standard InChI is InChI=1S/C15H22ClNOS/c1-10-8-11(2)15(13(9-10)17-3)19(18)14-7-5-4-6-12(14)16/h4-7,10-11,13,15,17H,8-9H2,1-3H3. The topological polar surface area (TPSA) is 29.1 Å². The van der Waals surface area contributed by atoms with Gasteiger partial charge in [0.05, 0.1) is 26.0 Å². The van der Waals surface area contributed by atoms with E-state index < -0.39 is 10.8 Å². The highest BCUT2D eigenvalue weighted by Crippen LogP contribution is 2.35. The zero-order valence-corrected chi connectivity index (χ0v) is 13.3. The average Bonchev–Trinajstić information content (AvgIpc) is 2.37. The first kappa shape index (κ1) is 15.0. The molecule has 0 radical (unpaired) electrons. The summed E-state index contributed by atoms with van der Waals surface area (Å²) < 4.78 is 12.9. The van der Waals surface area contributed by atoms with Crippen LogP contribution in [0.25, 0.3) is 0 Å². The van der Waals surface area contributed by atoms with Crippen molar-refractivity contribution in [3.05, 3.63) is 29.3 Å². The molecule has 1 aliphatic carbocycles. The molecule has 106 valence electrons. The second-order valence-corrected chi connectivity index (χ2v) is 7.63. The third-order valence-corrected chi connectivity index (χ3v) is 6.58. The Kier molecular flexibility index (Phi) is 5.04. The van der Waals surface area contributed by atoms with Gasteiger partial charge in [0, 0.05) is 6.04 Å². The molecule has 0 aliphatic heterocycles. The van der Waals surface area contributed by atoms with Gasteiger partial charge in [-0.25, -0.2) is 0 Å². The second-order valence-electron chi connectivity index (χ2n) is 5.64. The highest BCUT2D eigenvalue weighted by molar-refractivity contribution is 7.86. The summed E-state index contributed by atoms with van der Waals surface area (Å²) in [5.41, 5.74) is 0. The molecular weight excluding hydrogens is 278 g/mol. The maximum atomic E-state index is 12.9. The van der Waals surface area contributed by atoms with Gasteiger partial charge in [-0.2, -0.15) is 0 Å². The zero-order valence-electron chi connectivity index (χ0n) is 11.7. The van der Waals surface area contributed by atoms with Crippen LogP contribution in [-0.4, -0.2) is 22.5 Å². The molecule has 0 amide bonds. The van der Waals surface area contributed by atoms with Crippen LogP contribution in [-0.2, 0) is 10.8 Å². The molecule has 2 nitrogen and oxygen atoms in total. The van der Waals surface area contributed by atoms with Gasteiger partial charge >= 0.3 is 0 Å². The van der Waals surface area contributed by atoms with Crippen molar-refractivity contribution in [3.63, 3.8) is 0 Å². The molecule has 0 aromatic heterocycles. The number of halogens is 1. The Hall–Kier alpha value is -0.380. The number of benzene rings is 1. The summed E-state index contributed by atoms with van der Waals surface area (Å²) in [7, 11) is 0.914. The number of nitrogens with one attached hydrogen (secondary N) is 1. The Morgan fingerprint density at radius 2 is 1.95 bits per heavy atom. The van der Waals surface area contributed by atoms with Crippen molar-refractivity contribution in [2.75, 3.05) is 7.05 Å². The first-order valence-corrected chi connectivity index (χ1v) is 8.46. The highest BCUT2D eigenvalue weighted by Gasteiger charge is 2.37. The maximum Gasteiger partial charge on any atom is 0.0594 e. The van der Waals surface area contributed by atoms with Gasteiger partial charge in [0.2, 0.25) is 0 Å². The van der Waals surface area contributed by atoms with Crippen molar-refractivity contribution in [2.24, 2.45) is 11.8 Å². The molecule has 1 fully saturated rings. The molecule has 0 spiro atoms. The fourth-order valence-electron chi connectivity index (χ4n) is 3.23. The SMILES string of the molecule is CNC1CC(C)CC(C)C1S(=O)c1ccccc1Cl. The monoisotopic (exact) mass is 299 g/mol. The van der Waals surface area contributed by atoms with Crippen molar-refractivity contribution >= 4 is 22.4 Å². The minimum Gasteiger partial charge on any atom is -0.316 e. The van der Waals surface area contributed by atoms with Gasteiger partial charge in [-0.15, -0.1) is 0 Å². The van der Waals surface area contributed by atoms with E-state index in [9.17, 15) is 4.21 Å². The van der Waals surface area contributed by atoms with Crippen LogP contribution < -0.4 is 5.32 Å². The van der Waals surface area contributed by atoms with E-state index in [1.165, 1.54) is 0 Å². The Balaban J connectivity index is 2.28. The zero-order chi connectivity index (χ0) is 14.0. The van der Waals surface area contributed by atoms with E-state index in [0.717, 1.165) is 17.7 Å². The van der Waals surface area contributed by atoms with E-state index in [2.05, 4.69) is 19.2 Å². The summed E-state index contributed by atoms with van der Waals surface area (Å²) in [4.78, 5) is 0.774. The van der Waals surface area contributed by atoms with Gasteiger partial charge in [0.15, 0.2) is 0 Å². The molecule has 1 N–H and O–H groups in total. The molecular formula is C15H22ClNOS. The van der Waals surface area contributed by atoms with Crippen LogP contribution in [0.1, 0.15) is 26.7 Å². The van der Waals surface area contributed by atoms with E-state index in [4.69, 9.17) is 11.6 Å². The van der Waals surface area contributed by atoms with E-state index in [0.29, 0.717) is 22.9 Å². The van der Waals surface area contributed by atoms with Crippen LogP contribution in [0.5, 0.6) is 0 Å². The number of rotatable bonds is 3. The molecule has 5 unspecified atom stereocenters. The molecule has 0 saturated heterocycles. The third kappa shape index (κ3) is 3.21. The Morgan fingerprint density at radius 1 is 1.26 bits per heavy atom. The average molecular weight is 300 g/mol. The number of hydrogen-bond acceptors (Lipinski definition) is 2. The first-order valence-electron chi connectivity index (χ1n) is 6.87. The van der Waals surface area contributed by atoms with Crippen LogP contribution in [0.2, 0.25) is 5.02 Å². The normalized spacial score (nSPS) is 33.1. The summed E-state index contributed by atoms with van der Waals surface area (Å²) in [5.74, 6) is 1.13. The minimum absolute atomic E-state index is 0.140. The molecule has 4 heteroatoms. The van der Waals surface area contributed by atoms with E-state index >= 15 is 0 Å². The van der Waals surface area contributed by atoms with E-state index in [1.807, 2.05) is 31.3 Å². The minimum atomic E-state index is -1.05. The Bertz CT molecular complexity index is 465. The maximum absolute atomic E-state index is 12.9. The molecule has 1 aromatic carbocycles. The van der Waals surface area contributed by atoms with Gasteiger partial charge in [0.1, 0.15) is 0 Å². The van der Waals surface area contributed by atoms with Crippen LogP contribution >= 0.6 is 11.6 Å². The summed E-state index contributed by atoms with van der Waals surface area (Å²) in [6.45, 7) is 4.48. The van der Waals surface area contributed by atoms with Gasteiger partial charge in [-0.05, 0) is 43.9 Å². The molecule has 1 aromatic rings. The highest BCUT2D eigenvalue weighted by atomic mass is 35.5. The lowest BCUT2D eigenvalue weighted by atomic mass is 9.80. The predicted molar refractivity (Wildman–Crippen MR) is 82.1 cm³/mol. The fraction of sp³-hybridized carbons (Fsp3) is 0.600. The summed E-state index contributed by atoms with van der Waals surface area (Å²) in [5, 5.41) is 4.10. The molecule has 1 aliphatic rings. The van der Waals surface area contributed by atoms with Gasteiger partial charge in [-0.3, -0.25) is 4.21 Å². The smallest absolute Gasteiger partial charge is 0.0594 e. The van der Waals surface area contributed by atoms with Gasteiger partial charge < -0.3 is 5.32 Å². The van der Waals surface area contributed by atoms with Crippen molar-refractivity contribution in [1.82, 2.24) is 5.32 Å². The third-order valence-electron chi connectivity index (χ3n) is 4.06. The fourth-order valence-corrected chi connectivity index (χ4v) is 5.43. The lowest BCUT2D eigenvalue weighted by molar-refractivity contribution is 0.253. The Morgan fingerprint density at radius 3 is 2.58 bits per heavy atom. The summed E-state index contributed by atoms with van der Waals surface area (Å²) >= 11 is 6.19. The lowest BCUT2D eigenvalue weighted by Gasteiger charge is -2.39. The van der Waals surface area contributed by atoms with Gasteiger partial charge in [0.25, 0.3) is 0 Å². The van der Waals surface area contributed by atoms with E-state index in [1.54, 1.807) is 0 Å². The molecule has 2 rings (SSSR count). The molecule has 5 atom stereocenters. The van der Waals surface area contributed by atoms with Crippen molar-refractivity contribution in [1.29, 1.82) is 0 Å². The van der Waals surface area contributed by atoms with Crippen LogP contribution in [0, 0.1) is 11.8 Å². The second kappa shape index (κ2) is 6.38. The van der Waals surface area contributed by atoms with Gasteiger partial charge in [-0.1, -0.05) is 37.6 Å². The van der Waals surface area contributed by atoms with Crippen LogP contribution in [0.15, 0.2) is 29.2 Å². The Labute approximate surface area is 123 Å². The molecule has 1 saturated carbocycles. The van der Waals surface area contributed by atoms with Crippen molar-refractivity contribution in [2.45, 2.75) is 42.9 Å². The van der Waals surface area contributed by atoms with E-state index in [-0.39, 0.29) is 5.25 Å². The lowest BCUT2D eigenvalue weighted by Crippen LogP contribution is -2.48. The first-order chi connectivity index (χ1) is 9.04. The number of hydrogen-bond donors (Lipinski definition) is 1. The summed E-state index contributed by atoms with van der Waals surface area (Å²) in [6.07, 6.45) is 2.22. The molecule has 0 heterocycles.